The average molecular weight is 991 g/mol. The Hall–Kier alpha value is -2.73. The summed E-state index contributed by atoms with van der Waals surface area (Å²) in [6.45, 7) is 41.4. The van der Waals surface area contributed by atoms with Gasteiger partial charge in [0.25, 0.3) is 0 Å². The van der Waals surface area contributed by atoms with Crippen molar-refractivity contribution in [3.8, 4) is 0 Å². The quantitative estimate of drug-likeness (QED) is 0.147. The van der Waals surface area contributed by atoms with Crippen molar-refractivity contribution in [1.82, 2.24) is 0 Å². The van der Waals surface area contributed by atoms with E-state index in [1.807, 2.05) is 0 Å². The molecule has 0 saturated carbocycles. The molecule has 0 aliphatic heterocycles. The molecule has 0 bridgehead atoms. The number of hydrogen-bond acceptors (Lipinski definition) is 0. The molecule has 0 aliphatic rings. The number of halogens is 2. The second kappa shape index (κ2) is 22.6. The van der Waals surface area contributed by atoms with E-state index in [0.717, 1.165) is 0 Å². The van der Waals surface area contributed by atoms with E-state index < -0.39 is 15.8 Å². The molecule has 1 radical (unpaired) electrons. The van der Waals surface area contributed by atoms with Crippen molar-refractivity contribution in [2.24, 2.45) is 0 Å². The number of hydrogen-bond donors (Lipinski definition) is 0. The first-order valence-electron chi connectivity index (χ1n) is 22.8. The van der Waals surface area contributed by atoms with Gasteiger partial charge in [-0.05, 0) is 114 Å². The van der Waals surface area contributed by atoms with Gasteiger partial charge < -0.3 is 24.8 Å². The minimum absolute atomic E-state index is 0. The van der Waals surface area contributed by atoms with E-state index in [1.165, 1.54) is 65.2 Å². The Bertz CT molecular complexity index is 2000. The zero-order valence-corrected chi connectivity index (χ0v) is 47.2. The van der Waals surface area contributed by atoms with Gasteiger partial charge in [0, 0.05) is 0 Å². The summed E-state index contributed by atoms with van der Waals surface area (Å²) in [5.41, 5.74) is 9.22. The van der Waals surface area contributed by atoms with Gasteiger partial charge in [0.1, 0.15) is 0 Å². The fraction of sp³-hybridized carbons (Fsp3) is 0.400. The molecule has 0 spiro atoms. The van der Waals surface area contributed by atoms with Gasteiger partial charge in [-0.1, -0.05) is 270 Å². The summed E-state index contributed by atoms with van der Waals surface area (Å²) in [7, 11) is -1.27. The van der Waals surface area contributed by atoms with Crippen LogP contribution in [0.5, 0.6) is 0 Å². The van der Waals surface area contributed by atoms with E-state index in [2.05, 4.69) is 270 Å². The second-order valence-corrected chi connectivity index (χ2v) is 27.9. The van der Waals surface area contributed by atoms with Gasteiger partial charge in [-0.25, -0.2) is 0 Å². The Morgan fingerprint density at radius 3 is 0.462 bits per heavy atom. The van der Waals surface area contributed by atoms with Crippen molar-refractivity contribution in [3.63, 3.8) is 0 Å². The fourth-order valence-corrected chi connectivity index (χ4v) is 12.4. The molecule has 6 rings (SSSR count). The molecule has 0 atom stereocenters. The van der Waals surface area contributed by atoms with E-state index in [4.69, 9.17) is 0 Å². The molecule has 0 aliphatic carbocycles. The van der Waals surface area contributed by atoms with E-state index in [-0.39, 0.29) is 74.1 Å². The van der Waals surface area contributed by atoms with Gasteiger partial charge in [-0.2, -0.15) is 0 Å². The van der Waals surface area contributed by atoms with Gasteiger partial charge in [0.05, 0.1) is 0 Å². The smallest absolute Gasteiger partial charge is 1.00 e. The molecule has 6 aromatic carbocycles. The maximum absolute atomic E-state index is 2.44. The van der Waals surface area contributed by atoms with Crippen LogP contribution in [0.3, 0.4) is 0 Å². The van der Waals surface area contributed by atoms with Crippen LogP contribution in [0.4, 0.5) is 0 Å². The zero-order chi connectivity index (χ0) is 46.1. The topological polar surface area (TPSA) is 0 Å². The Labute approximate surface area is 422 Å². The Kier molecular flexibility index (Phi) is 20.3. The molecule has 0 unspecified atom stereocenters. The summed E-state index contributed by atoms with van der Waals surface area (Å²) in [6.07, 6.45) is 0. The maximum atomic E-state index is 2.44. The zero-order valence-electron chi connectivity index (χ0n) is 42.8. The molecule has 0 N–H and O–H groups in total. The van der Waals surface area contributed by atoms with Crippen LogP contribution >= 0.6 is 15.8 Å². The summed E-state index contributed by atoms with van der Waals surface area (Å²) < 4.78 is 0. The first kappa shape index (κ1) is 58.4. The Morgan fingerprint density at radius 1 is 0.231 bits per heavy atom. The largest absolute Gasteiger partial charge is 2.00 e. The summed E-state index contributed by atoms with van der Waals surface area (Å²) in [5, 5.41) is 8.58. The minimum Gasteiger partial charge on any atom is -1.00 e. The molecular formula is C60H78Cl2CoP2. The standard InChI is InChI=1S/2C30H39P.2ClH.Co/c2*1-28(2,3)22-13-10-16-25(19-22)31(26-17-11-14-23(20-26)29(4,5)6)27-18-12-15-24(21-27)30(7,8)9;;;/h2*10-21H,1-9H3;2*1H;/q;;;;+2/p-2. The molecule has 0 nitrogen and oxygen atoms in total. The molecule has 5 heteroatoms. The fourth-order valence-electron chi connectivity index (χ4n) is 7.56. The van der Waals surface area contributed by atoms with Crippen molar-refractivity contribution >= 4 is 47.7 Å². The van der Waals surface area contributed by atoms with E-state index in [9.17, 15) is 0 Å². The summed E-state index contributed by atoms with van der Waals surface area (Å²) in [4.78, 5) is 0. The predicted molar refractivity (Wildman–Crippen MR) is 282 cm³/mol. The van der Waals surface area contributed by atoms with Crippen molar-refractivity contribution in [3.05, 3.63) is 179 Å². The van der Waals surface area contributed by atoms with Gasteiger partial charge in [0.2, 0.25) is 0 Å². The summed E-state index contributed by atoms with van der Waals surface area (Å²) in [6, 6.07) is 55.7. The van der Waals surface area contributed by atoms with Crippen LogP contribution in [0.15, 0.2) is 146 Å². The molecule has 0 saturated heterocycles. The van der Waals surface area contributed by atoms with Crippen LogP contribution in [-0.4, -0.2) is 0 Å². The van der Waals surface area contributed by atoms with Gasteiger partial charge in [-0.3, -0.25) is 0 Å². The van der Waals surface area contributed by atoms with Crippen LogP contribution < -0.4 is 56.6 Å². The molecular weight excluding hydrogens is 912 g/mol. The number of rotatable bonds is 6. The van der Waals surface area contributed by atoms with E-state index in [1.54, 1.807) is 0 Å². The first-order valence-corrected chi connectivity index (χ1v) is 25.5. The minimum atomic E-state index is -0.636. The Morgan fingerprint density at radius 2 is 0.354 bits per heavy atom. The molecule has 6 aromatic rings. The molecule has 65 heavy (non-hydrogen) atoms. The molecule has 351 valence electrons. The van der Waals surface area contributed by atoms with Crippen molar-refractivity contribution in [2.75, 3.05) is 0 Å². The molecule has 0 amide bonds. The molecule has 0 heterocycles. The van der Waals surface area contributed by atoms with Crippen molar-refractivity contribution < 1.29 is 41.6 Å². The Balaban J connectivity index is 0.000000427. The van der Waals surface area contributed by atoms with Gasteiger partial charge >= 0.3 is 16.8 Å². The second-order valence-electron chi connectivity index (χ2n) is 23.5. The SMILES string of the molecule is CC(C)(C)c1cccc(P(c2cccc(C(C)(C)C)c2)c2cccc(C(C)(C)C)c2)c1.CC(C)(C)c1cccc(P(c2cccc(C(C)(C)C)c2)c2cccc(C(C)(C)C)c2)c1.[Cl-].[Cl-].[Co+2]. The van der Waals surface area contributed by atoms with E-state index in [0.29, 0.717) is 0 Å². The summed E-state index contributed by atoms with van der Waals surface area (Å²) >= 11 is 0. The third-order valence-corrected chi connectivity index (χ3v) is 16.6. The molecule has 0 fully saturated rings. The molecule has 0 aromatic heterocycles. The average Bonchev–Trinajstić information content (AvgIpc) is 3.17. The van der Waals surface area contributed by atoms with Crippen LogP contribution in [0.1, 0.15) is 158 Å². The van der Waals surface area contributed by atoms with Crippen molar-refractivity contribution in [1.29, 1.82) is 0 Å². The van der Waals surface area contributed by atoms with Crippen LogP contribution in [0.25, 0.3) is 0 Å². The first-order chi connectivity index (χ1) is 28.5. The van der Waals surface area contributed by atoms with Crippen LogP contribution in [0, 0.1) is 0 Å². The monoisotopic (exact) mass is 989 g/mol. The third kappa shape index (κ3) is 15.6. The predicted octanol–water partition coefficient (Wildman–Crippen LogP) is 8.68. The van der Waals surface area contributed by atoms with Crippen LogP contribution in [0.2, 0.25) is 0 Å². The number of benzene rings is 6. The van der Waals surface area contributed by atoms with Crippen molar-refractivity contribution in [2.45, 2.75) is 157 Å². The van der Waals surface area contributed by atoms with Gasteiger partial charge in [-0.15, -0.1) is 0 Å². The van der Waals surface area contributed by atoms with Crippen LogP contribution in [-0.2, 0) is 49.3 Å². The maximum Gasteiger partial charge on any atom is 2.00 e. The normalized spacial score (nSPS) is 12.4. The van der Waals surface area contributed by atoms with E-state index >= 15 is 0 Å². The summed E-state index contributed by atoms with van der Waals surface area (Å²) in [5.74, 6) is 0. The third-order valence-electron chi connectivity index (χ3n) is 11.8. The van der Waals surface area contributed by atoms with Gasteiger partial charge in [0.15, 0.2) is 0 Å².